The number of nitrogens with zero attached hydrogens (tertiary/aromatic N) is 1. The van der Waals surface area contributed by atoms with Crippen LogP contribution >= 0.6 is 0 Å². The summed E-state index contributed by atoms with van der Waals surface area (Å²) in [6.07, 6.45) is 1.35. The second-order valence-corrected chi connectivity index (χ2v) is 6.83. The van der Waals surface area contributed by atoms with Gasteiger partial charge in [-0.2, -0.15) is 0 Å². The van der Waals surface area contributed by atoms with Crippen LogP contribution in [0.15, 0.2) is 47.6 Å². The Bertz CT molecular complexity index is 735. The van der Waals surface area contributed by atoms with Gasteiger partial charge in [0.05, 0.1) is 12.8 Å². The van der Waals surface area contributed by atoms with Crippen LogP contribution in [0, 0.1) is 0 Å². The van der Waals surface area contributed by atoms with Gasteiger partial charge in [0.15, 0.2) is 11.5 Å². The van der Waals surface area contributed by atoms with Gasteiger partial charge in [0.1, 0.15) is 19.0 Å². The highest BCUT2D eigenvalue weighted by atomic mass is 16.5. The summed E-state index contributed by atoms with van der Waals surface area (Å²) >= 11 is 0. The van der Waals surface area contributed by atoms with Crippen molar-refractivity contribution in [2.45, 2.75) is 33.1 Å². The van der Waals surface area contributed by atoms with Gasteiger partial charge in [-0.3, -0.25) is 0 Å². The molecule has 0 unspecified atom stereocenters. The Morgan fingerprint density at radius 2 is 1.62 bits per heavy atom. The highest BCUT2D eigenvalue weighted by Crippen LogP contribution is 2.31. The van der Waals surface area contributed by atoms with Crippen molar-refractivity contribution >= 4 is 6.21 Å². The van der Waals surface area contributed by atoms with E-state index >= 15 is 0 Å². The lowest BCUT2D eigenvalue weighted by Crippen LogP contribution is -2.16. The largest absolute Gasteiger partial charge is 0.490 e. The summed E-state index contributed by atoms with van der Waals surface area (Å²) in [6.45, 7) is 9.74. The molecule has 0 atom stereocenters. The van der Waals surface area contributed by atoms with Crippen LogP contribution in [0.1, 0.15) is 38.8 Å². The quantitative estimate of drug-likeness (QED) is 0.323. The monoisotopic (exact) mass is 357 g/mol. The molecule has 0 saturated carbocycles. The van der Waals surface area contributed by atoms with Crippen molar-refractivity contribution in [2.24, 2.45) is 5.16 Å². The first-order valence-corrected chi connectivity index (χ1v) is 8.75. The molecule has 0 aromatic heterocycles. The molecule has 0 saturated heterocycles. The molecule has 2 aromatic rings. The fourth-order valence-corrected chi connectivity index (χ4v) is 2.57. The summed E-state index contributed by atoms with van der Waals surface area (Å²) in [4.78, 5) is 0. The maximum atomic E-state index is 8.65. The molecule has 2 aromatic carbocycles. The van der Waals surface area contributed by atoms with Gasteiger partial charge in [0.2, 0.25) is 0 Å². The van der Waals surface area contributed by atoms with E-state index in [1.54, 1.807) is 18.2 Å². The van der Waals surface area contributed by atoms with Gasteiger partial charge in [-0.15, -0.1) is 0 Å². The molecule has 0 aliphatic heterocycles. The molecule has 0 spiro atoms. The molecule has 0 radical (unpaired) electrons. The van der Waals surface area contributed by atoms with Crippen LogP contribution in [-0.4, -0.2) is 31.2 Å². The number of para-hydroxylation sites is 1. The molecule has 26 heavy (non-hydrogen) atoms. The predicted octanol–water partition coefficient (Wildman–Crippen LogP) is 4.65. The zero-order chi connectivity index (χ0) is 19.0. The maximum absolute atomic E-state index is 8.65. The van der Waals surface area contributed by atoms with Crippen molar-refractivity contribution in [3.8, 4) is 17.2 Å². The van der Waals surface area contributed by atoms with E-state index in [9.17, 15) is 0 Å². The molecule has 0 heterocycles. The Morgan fingerprint density at radius 1 is 0.923 bits per heavy atom. The first-order valence-electron chi connectivity index (χ1n) is 8.75. The topological polar surface area (TPSA) is 60.3 Å². The summed E-state index contributed by atoms with van der Waals surface area (Å²) in [5, 5.41) is 11.7. The Balaban J connectivity index is 1.98. The first-order chi connectivity index (χ1) is 12.5. The van der Waals surface area contributed by atoms with Gasteiger partial charge >= 0.3 is 0 Å². The minimum atomic E-state index is 0.0175. The van der Waals surface area contributed by atoms with E-state index in [0.29, 0.717) is 31.3 Å². The zero-order valence-electron chi connectivity index (χ0n) is 15.9. The summed E-state index contributed by atoms with van der Waals surface area (Å²) < 4.78 is 17.3. The highest BCUT2D eigenvalue weighted by Gasteiger charge is 2.18. The average Bonchev–Trinajstić information content (AvgIpc) is 2.60. The van der Waals surface area contributed by atoms with Gasteiger partial charge < -0.3 is 19.4 Å². The van der Waals surface area contributed by atoms with Crippen LogP contribution in [0.3, 0.4) is 0 Å². The molecule has 0 aliphatic carbocycles. The minimum Gasteiger partial charge on any atom is -0.490 e. The van der Waals surface area contributed by atoms with E-state index in [-0.39, 0.29) is 5.41 Å². The van der Waals surface area contributed by atoms with E-state index in [4.69, 9.17) is 19.4 Å². The van der Waals surface area contributed by atoms with Crippen molar-refractivity contribution in [3.63, 3.8) is 0 Å². The Kier molecular flexibility index (Phi) is 6.89. The standard InChI is InChI=1S/C21H27NO4/c1-5-24-20-14-16(15-22-23)10-11-19(20)26-13-12-25-18-9-7-6-8-17(18)21(2,3)4/h6-11,14-15,23H,5,12-13H2,1-4H3. The maximum Gasteiger partial charge on any atom is 0.161 e. The Hall–Kier alpha value is -2.69. The number of oxime groups is 1. The Morgan fingerprint density at radius 3 is 2.27 bits per heavy atom. The van der Waals surface area contributed by atoms with Gasteiger partial charge in [-0.25, -0.2) is 0 Å². The Labute approximate surface area is 155 Å². The molecule has 1 N–H and O–H groups in total. The van der Waals surface area contributed by atoms with Crippen LogP contribution in [0.4, 0.5) is 0 Å². The van der Waals surface area contributed by atoms with Crippen molar-refractivity contribution in [1.29, 1.82) is 0 Å². The normalized spacial score (nSPS) is 11.5. The molecule has 0 aliphatic rings. The summed E-state index contributed by atoms with van der Waals surface area (Å²) in [7, 11) is 0. The molecule has 0 amide bonds. The van der Waals surface area contributed by atoms with Crippen LogP contribution < -0.4 is 14.2 Å². The molecule has 0 bridgehead atoms. The second-order valence-electron chi connectivity index (χ2n) is 6.83. The van der Waals surface area contributed by atoms with E-state index in [0.717, 1.165) is 11.3 Å². The van der Waals surface area contributed by atoms with Crippen molar-refractivity contribution in [2.75, 3.05) is 19.8 Å². The lowest BCUT2D eigenvalue weighted by Gasteiger charge is -2.22. The predicted molar refractivity (Wildman–Crippen MR) is 103 cm³/mol. The third-order valence-electron chi connectivity index (χ3n) is 3.77. The number of hydrogen-bond donors (Lipinski definition) is 1. The molecule has 2 rings (SSSR count). The third-order valence-corrected chi connectivity index (χ3v) is 3.77. The first kappa shape index (κ1) is 19.6. The SMILES string of the molecule is CCOc1cc(C=NO)ccc1OCCOc1ccccc1C(C)(C)C. The lowest BCUT2D eigenvalue weighted by atomic mass is 9.86. The molecular weight excluding hydrogens is 330 g/mol. The van der Waals surface area contributed by atoms with Gasteiger partial charge in [0, 0.05) is 5.56 Å². The van der Waals surface area contributed by atoms with Gasteiger partial charge in [0.25, 0.3) is 0 Å². The number of rotatable bonds is 8. The van der Waals surface area contributed by atoms with E-state index in [2.05, 4.69) is 32.0 Å². The van der Waals surface area contributed by atoms with Crippen molar-refractivity contribution in [3.05, 3.63) is 53.6 Å². The van der Waals surface area contributed by atoms with Crippen molar-refractivity contribution < 1.29 is 19.4 Å². The zero-order valence-corrected chi connectivity index (χ0v) is 15.9. The van der Waals surface area contributed by atoms with E-state index < -0.39 is 0 Å². The summed E-state index contributed by atoms with van der Waals surface area (Å²) in [5.74, 6) is 2.12. The van der Waals surface area contributed by atoms with Crippen molar-refractivity contribution in [1.82, 2.24) is 0 Å². The molecule has 140 valence electrons. The smallest absolute Gasteiger partial charge is 0.161 e. The highest BCUT2D eigenvalue weighted by molar-refractivity contribution is 5.80. The summed E-state index contributed by atoms with van der Waals surface area (Å²) in [5.41, 5.74) is 1.92. The summed E-state index contributed by atoms with van der Waals surface area (Å²) in [6, 6.07) is 13.4. The van der Waals surface area contributed by atoms with Crippen LogP contribution in [0.25, 0.3) is 0 Å². The van der Waals surface area contributed by atoms with Gasteiger partial charge in [-0.1, -0.05) is 44.1 Å². The fourth-order valence-electron chi connectivity index (χ4n) is 2.57. The lowest BCUT2D eigenvalue weighted by molar-refractivity contribution is 0.206. The molecule has 5 heteroatoms. The van der Waals surface area contributed by atoms with Crippen LogP contribution in [0.2, 0.25) is 0 Å². The second kappa shape index (κ2) is 9.13. The third kappa shape index (κ3) is 5.41. The average molecular weight is 357 g/mol. The van der Waals surface area contributed by atoms with E-state index in [1.165, 1.54) is 11.8 Å². The number of benzene rings is 2. The fraction of sp³-hybridized carbons (Fsp3) is 0.381. The molecule has 0 fully saturated rings. The molecular formula is C21H27NO4. The van der Waals surface area contributed by atoms with Crippen LogP contribution in [-0.2, 0) is 5.41 Å². The molecule has 5 nitrogen and oxygen atoms in total. The van der Waals surface area contributed by atoms with Gasteiger partial charge in [-0.05, 0) is 42.2 Å². The minimum absolute atomic E-state index is 0.0175. The number of hydrogen-bond acceptors (Lipinski definition) is 5. The van der Waals surface area contributed by atoms with E-state index in [1.807, 2.05) is 25.1 Å². The number of ether oxygens (including phenoxy) is 3. The van der Waals surface area contributed by atoms with Crippen LogP contribution in [0.5, 0.6) is 17.2 Å².